The van der Waals surface area contributed by atoms with Crippen LogP contribution in [0.25, 0.3) is 0 Å². The van der Waals surface area contributed by atoms with Gasteiger partial charge in [0.2, 0.25) is 0 Å². The average molecular weight is 208 g/mol. The molecule has 0 radical (unpaired) electrons. The van der Waals surface area contributed by atoms with Gasteiger partial charge in [0, 0.05) is 5.46 Å². The molecule has 0 unspecified atom stereocenters. The molecule has 0 amide bonds. The first-order valence-corrected chi connectivity index (χ1v) is 4.38. The number of methoxy groups -OCH3 is 1. The van der Waals surface area contributed by atoms with Crippen molar-refractivity contribution in [2.24, 2.45) is 0 Å². The topological polar surface area (TPSA) is 76.0 Å². The highest BCUT2D eigenvalue weighted by Gasteiger charge is 2.33. The van der Waals surface area contributed by atoms with E-state index < -0.39 is 13.1 Å². The van der Waals surface area contributed by atoms with Crippen molar-refractivity contribution in [1.82, 2.24) is 0 Å². The predicted octanol–water partition coefficient (Wildman–Crippen LogP) is -0.389. The van der Waals surface area contributed by atoms with Crippen LogP contribution in [0, 0.1) is 0 Å². The molecule has 1 aliphatic heterocycles. The maximum atomic E-state index is 10.9. The van der Waals surface area contributed by atoms with Gasteiger partial charge in [0.15, 0.2) is 0 Å². The SMILES string of the molecule is COc1c(C(=O)O)ccc2c1B(O)OC2. The lowest BCUT2D eigenvalue weighted by Crippen LogP contribution is -2.30. The van der Waals surface area contributed by atoms with Crippen molar-refractivity contribution in [3.63, 3.8) is 0 Å². The van der Waals surface area contributed by atoms with Gasteiger partial charge < -0.3 is 19.5 Å². The summed E-state index contributed by atoms with van der Waals surface area (Å²) in [5.74, 6) is -0.918. The zero-order chi connectivity index (χ0) is 11.0. The average Bonchev–Trinajstić information content (AvgIpc) is 2.59. The van der Waals surface area contributed by atoms with Crippen molar-refractivity contribution in [3.05, 3.63) is 23.3 Å². The first-order valence-electron chi connectivity index (χ1n) is 4.38. The third-order valence-corrected chi connectivity index (χ3v) is 2.36. The summed E-state index contributed by atoms with van der Waals surface area (Å²) in [7, 11) is 0.266. The number of carboxylic acids is 1. The van der Waals surface area contributed by atoms with E-state index in [2.05, 4.69) is 0 Å². The van der Waals surface area contributed by atoms with Gasteiger partial charge in [-0.25, -0.2) is 4.79 Å². The Morgan fingerprint density at radius 2 is 2.33 bits per heavy atom. The van der Waals surface area contributed by atoms with E-state index in [-0.39, 0.29) is 17.9 Å². The molecule has 0 spiro atoms. The fourth-order valence-electron chi connectivity index (χ4n) is 1.68. The van der Waals surface area contributed by atoms with Crippen LogP contribution in [0.4, 0.5) is 0 Å². The number of aromatic carboxylic acids is 1. The zero-order valence-electron chi connectivity index (χ0n) is 8.06. The van der Waals surface area contributed by atoms with Gasteiger partial charge in [-0.2, -0.15) is 0 Å². The number of hydrogen-bond acceptors (Lipinski definition) is 4. The molecule has 1 aliphatic rings. The molecule has 0 saturated heterocycles. The van der Waals surface area contributed by atoms with Gasteiger partial charge in [0.25, 0.3) is 0 Å². The summed E-state index contributed by atoms with van der Waals surface area (Å²) in [4.78, 5) is 10.9. The first-order chi connectivity index (χ1) is 7.15. The van der Waals surface area contributed by atoms with Gasteiger partial charge in [0.1, 0.15) is 11.3 Å². The monoisotopic (exact) mass is 208 g/mol. The predicted molar refractivity (Wildman–Crippen MR) is 52.3 cm³/mol. The van der Waals surface area contributed by atoms with Gasteiger partial charge in [-0.15, -0.1) is 0 Å². The van der Waals surface area contributed by atoms with Crippen LogP contribution in [0.5, 0.6) is 5.75 Å². The Hall–Kier alpha value is -1.53. The second-order valence-corrected chi connectivity index (χ2v) is 3.19. The minimum atomic E-state index is -1.10. The Morgan fingerprint density at radius 1 is 1.60 bits per heavy atom. The molecule has 5 nitrogen and oxygen atoms in total. The van der Waals surface area contributed by atoms with Crippen molar-refractivity contribution in [3.8, 4) is 5.75 Å². The molecule has 2 rings (SSSR count). The van der Waals surface area contributed by atoms with Gasteiger partial charge >= 0.3 is 13.1 Å². The zero-order valence-corrected chi connectivity index (χ0v) is 8.06. The van der Waals surface area contributed by atoms with E-state index in [1.807, 2.05) is 0 Å². The van der Waals surface area contributed by atoms with Crippen LogP contribution in [-0.2, 0) is 11.3 Å². The molecule has 0 fully saturated rings. The van der Waals surface area contributed by atoms with Crippen molar-refractivity contribution >= 4 is 18.6 Å². The van der Waals surface area contributed by atoms with Crippen LogP contribution in [0.1, 0.15) is 15.9 Å². The lowest BCUT2D eigenvalue weighted by molar-refractivity contribution is 0.0693. The van der Waals surface area contributed by atoms with E-state index >= 15 is 0 Å². The molecule has 1 heterocycles. The Kier molecular flexibility index (Phi) is 2.38. The molecule has 0 aliphatic carbocycles. The second kappa shape index (κ2) is 3.56. The highest BCUT2D eigenvalue weighted by Crippen LogP contribution is 2.22. The largest absolute Gasteiger partial charge is 0.496 e. The van der Waals surface area contributed by atoms with E-state index in [0.29, 0.717) is 5.46 Å². The quantitative estimate of drug-likeness (QED) is 0.647. The fraction of sp³-hybridized carbons (Fsp3) is 0.222. The van der Waals surface area contributed by atoms with Gasteiger partial charge in [-0.3, -0.25) is 0 Å². The molecular weight excluding hydrogens is 199 g/mol. The minimum Gasteiger partial charge on any atom is -0.496 e. The molecule has 0 atom stereocenters. The van der Waals surface area contributed by atoms with Crippen LogP contribution < -0.4 is 10.2 Å². The van der Waals surface area contributed by atoms with E-state index in [4.69, 9.17) is 14.5 Å². The van der Waals surface area contributed by atoms with E-state index in [0.717, 1.165) is 5.56 Å². The third kappa shape index (κ3) is 1.47. The van der Waals surface area contributed by atoms with E-state index in [1.54, 1.807) is 6.07 Å². The van der Waals surface area contributed by atoms with E-state index in [9.17, 15) is 9.82 Å². The van der Waals surface area contributed by atoms with Gasteiger partial charge in [-0.1, -0.05) is 6.07 Å². The second-order valence-electron chi connectivity index (χ2n) is 3.19. The highest BCUT2D eigenvalue weighted by molar-refractivity contribution is 6.62. The summed E-state index contributed by atoms with van der Waals surface area (Å²) < 4.78 is 9.98. The Morgan fingerprint density at radius 3 is 2.93 bits per heavy atom. The molecule has 0 bridgehead atoms. The lowest BCUT2D eigenvalue weighted by Gasteiger charge is -2.09. The van der Waals surface area contributed by atoms with Crippen LogP contribution >= 0.6 is 0 Å². The van der Waals surface area contributed by atoms with Crippen LogP contribution in [-0.4, -0.2) is 30.3 Å². The summed E-state index contributed by atoms with van der Waals surface area (Å²) in [6, 6.07) is 3.07. The Labute approximate surface area is 86.4 Å². The van der Waals surface area contributed by atoms with Gasteiger partial charge in [0.05, 0.1) is 13.7 Å². The number of benzene rings is 1. The molecule has 0 saturated carbocycles. The third-order valence-electron chi connectivity index (χ3n) is 2.36. The summed E-state index contributed by atoms with van der Waals surface area (Å²) in [6.45, 7) is 0.271. The number of ether oxygens (including phenoxy) is 1. The van der Waals surface area contributed by atoms with Crippen molar-refractivity contribution < 1.29 is 24.3 Å². The summed E-state index contributed by atoms with van der Waals surface area (Å²) in [5.41, 5.74) is 1.20. The first kappa shape index (κ1) is 10.0. The molecule has 1 aromatic carbocycles. The van der Waals surface area contributed by atoms with Crippen LogP contribution in [0.15, 0.2) is 12.1 Å². The van der Waals surface area contributed by atoms with Crippen LogP contribution in [0.3, 0.4) is 0 Å². The van der Waals surface area contributed by atoms with Crippen LogP contribution in [0.2, 0.25) is 0 Å². The normalized spacial score (nSPS) is 13.9. The number of hydrogen-bond donors (Lipinski definition) is 2. The van der Waals surface area contributed by atoms with Crippen molar-refractivity contribution in [1.29, 1.82) is 0 Å². The molecule has 0 aromatic heterocycles. The Bertz CT molecular complexity index is 417. The fourth-order valence-corrected chi connectivity index (χ4v) is 1.68. The molecule has 1 aromatic rings. The lowest BCUT2D eigenvalue weighted by atomic mass is 9.77. The maximum absolute atomic E-state index is 10.9. The molecule has 6 heteroatoms. The van der Waals surface area contributed by atoms with Gasteiger partial charge in [-0.05, 0) is 11.6 Å². The molecule has 15 heavy (non-hydrogen) atoms. The standard InChI is InChI=1S/C9H9BO5/c1-14-8-6(9(11)12)3-2-5-4-15-10(13)7(5)8/h2-3,13H,4H2,1H3,(H,11,12). The minimum absolute atomic E-state index is 0.0285. The number of carboxylic acid groups (broad SMARTS) is 1. The maximum Gasteiger partial charge on any atom is 0.495 e. The smallest absolute Gasteiger partial charge is 0.495 e. The highest BCUT2D eigenvalue weighted by atomic mass is 16.5. The molecule has 2 N–H and O–H groups in total. The van der Waals surface area contributed by atoms with E-state index in [1.165, 1.54) is 13.2 Å². The summed E-state index contributed by atoms with van der Waals surface area (Å²) in [6.07, 6.45) is 0. The summed E-state index contributed by atoms with van der Waals surface area (Å²) in [5, 5.41) is 18.4. The Balaban J connectivity index is 2.63. The number of fused-ring (bicyclic) bond motifs is 1. The molecular formula is C9H9BO5. The van der Waals surface area contributed by atoms with Crippen molar-refractivity contribution in [2.75, 3.05) is 7.11 Å². The number of carbonyl (C=O) groups is 1. The van der Waals surface area contributed by atoms with Crippen molar-refractivity contribution in [2.45, 2.75) is 6.61 Å². The summed E-state index contributed by atoms with van der Waals surface area (Å²) >= 11 is 0. The number of rotatable bonds is 2. The molecule has 78 valence electrons.